The Morgan fingerprint density at radius 3 is 2.54 bits per heavy atom. The molecule has 28 heavy (non-hydrogen) atoms. The molecule has 2 N–H and O–H groups in total. The molecule has 0 saturated heterocycles. The van der Waals surface area contributed by atoms with Crippen LogP contribution in [-0.4, -0.2) is 22.2 Å². The van der Waals surface area contributed by atoms with Crippen LogP contribution in [0.4, 0.5) is 15.9 Å². The summed E-state index contributed by atoms with van der Waals surface area (Å²) in [5.41, 5.74) is 0.939. The van der Waals surface area contributed by atoms with Gasteiger partial charge in [0.2, 0.25) is 5.91 Å². The van der Waals surface area contributed by atoms with Crippen LogP contribution in [0.1, 0.15) is 23.0 Å². The molecule has 0 radical (unpaired) electrons. The van der Waals surface area contributed by atoms with Crippen molar-refractivity contribution in [1.82, 2.24) is 5.16 Å². The number of nitrogens with one attached hydrogen (secondary N) is 2. The molecule has 144 valence electrons. The fraction of sp³-hybridized carbons (Fsp3) is 0.150. The van der Waals surface area contributed by atoms with Gasteiger partial charge in [0, 0.05) is 22.2 Å². The van der Waals surface area contributed by atoms with Gasteiger partial charge in [-0.15, -0.1) is 11.8 Å². The summed E-state index contributed by atoms with van der Waals surface area (Å²) in [4.78, 5) is 25.4. The van der Waals surface area contributed by atoms with E-state index in [9.17, 15) is 14.0 Å². The standard InChI is InChI=1S/C20H18FN3O3S/c1-12-10-18(24-27-12)23-19(25)13(2)28-17-5-3-4-16(11-17)22-20(26)14-6-8-15(21)9-7-14/h3-11,13H,1-2H3,(H,22,26)(H,23,24,25). The minimum Gasteiger partial charge on any atom is -0.360 e. The van der Waals surface area contributed by atoms with Gasteiger partial charge in [0.05, 0.1) is 5.25 Å². The van der Waals surface area contributed by atoms with E-state index in [0.717, 1.165) is 4.90 Å². The molecule has 1 unspecified atom stereocenters. The van der Waals surface area contributed by atoms with Crippen LogP contribution in [0.15, 0.2) is 64.0 Å². The predicted molar refractivity (Wildman–Crippen MR) is 106 cm³/mol. The molecule has 6 nitrogen and oxygen atoms in total. The maximum absolute atomic E-state index is 13.0. The zero-order chi connectivity index (χ0) is 20.1. The number of aromatic nitrogens is 1. The number of hydrogen-bond donors (Lipinski definition) is 2. The number of thioether (sulfide) groups is 1. The van der Waals surface area contributed by atoms with Gasteiger partial charge in [-0.1, -0.05) is 11.2 Å². The molecular weight excluding hydrogens is 381 g/mol. The Hall–Kier alpha value is -3.13. The minimum absolute atomic E-state index is 0.209. The van der Waals surface area contributed by atoms with Crippen molar-refractivity contribution in [3.05, 3.63) is 71.7 Å². The zero-order valence-electron chi connectivity index (χ0n) is 15.2. The molecule has 2 aromatic carbocycles. The number of carbonyl (C=O) groups is 2. The third-order valence-electron chi connectivity index (χ3n) is 3.76. The molecule has 1 aromatic heterocycles. The Morgan fingerprint density at radius 1 is 1.11 bits per heavy atom. The van der Waals surface area contributed by atoms with Crippen molar-refractivity contribution in [2.75, 3.05) is 10.6 Å². The Kier molecular flexibility index (Phi) is 6.10. The van der Waals surface area contributed by atoms with Gasteiger partial charge in [0.15, 0.2) is 5.82 Å². The lowest BCUT2D eigenvalue weighted by Gasteiger charge is -2.12. The molecule has 3 aromatic rings. The Morgan fingerprint density at radius 2 is 1.86 bits per heavy atom. The average Bonchev–Trinajstić information content (AvgIpc) is 3.07. The number of anilines is 2. The first-order valence-corrected chi connectivity index (χ1v) is 9.36. The van der Waals surface area contributed by atoms with Gasteiger partial charge in [0.1, 0.15) is 11.6 Å². The number of nitrogens with zero attached hydrogens (tertiary/aromatic N) is 1. The molecule has 0 fully saturated rings. The van der Waals surface area contributed by atoms with Gasteiger partial charge >= 0.3 is 0 Å². The second-order valence-corrected chi connectivity index (χ2v) is 7.48. The summed E-state index contributed by atoms with van der Waals surface area (Å²) in [7, 11) is 0. The van der Waals surface area contributed by atoms with Gasteiger partial charge in [-0.2, -0.15) is 0 Å². The highest BCUT2D eigenvalue weighted by Crippen LogP contribution is 2.27. The van der Waals surface area contributed by atoms with E-state index in [4.69, 9.17) is 4.52 Å². The van der Waals surface area contributed by atoms with Crippen LogP contribution in [0.25, 0.3) is 0 Å². The normalized spacial score (nSPS) is 11.7. The van der Waals surface area contributed by atoms with Crippen molar-refractivity contribution < 1.29 is 18.5 Å². The third-order valence-corrected chi connectivity index (χ3v) is 4.85. The molecule has 3 rings (SSSR count). The zero-order valence-corrected chi connectivity index (χ0v) is 16.0. The first-order chi connectivity index (χ1) is 13.4. The van der Waals surface area contributed by atoms with E-state index < -0.39 is 5.82 Å². The van der Waals surface area contributed by atoms with Crippen molar-refractivity contribution in [2.24, 2.45) is 0 Å². The molecule has 0 aliphatic rings. The van der Waals surface area contributed by atoms with E-state index in [-0.39, 0.29) is 17.1 Å². The molecule has 0 aliphatic carbocycles. The lowest BCUT2D eigenvalue weighted by atomic mass is 10.2. The second kappa shape index (κ2) is 8.71. The maximum atomic E-state index is 13.0. The summed E-state index contributed by atoms with van der Waals surface area (Å²) in [6.45, 7) is 3.52. The smallest absolute Gasteiger partial charge is 0.255 e. The number of halogens is 1. The van der Waals surface area contributed by atoms with Gasteiger partial charge in [0.25, 0.3) is 5.91 Å². The maximum Gasteiger partial charge on any atom is 0.255 e. The summed E-state index contributed by atoms with van der Waals surface area (Å²) < 4.78 is 17.9. The average molecular weight is 399 g/mol. The van der Waals surface area contributed by atoms with Crippen LogP contribution in [0.5, 0.6) is 0 Å². The van der Waals surface area contributed by atoms with Gasteiger partial charge < -0.3 is 15.2 Å². The monoisotopic (exact) mass is 399 g/mol. The van der Waals surface area contributed by atoms with Crippen LogP contribution in [-0.2, 0) is 4.79 Å². The predicted octanol–water partition coefficient (Wildman–Crippen LogP) is 4.49. The summed E-state index contributed by atoms with van der Waals surface area (Å²) in [5.74, 6) is 0.0341. The first-order valence-electron chi connectivity index (χ1n) is 8.48. The van der Waals surface area contributed by atoms with Gasteiger partial charge in [-0.3, -0.25) is 9.59 Å². The summed E-state index contributed by atoms with van der Waals surface area (Å²) >= 11 is 1.35. The number of rotatable bonds is 6. The van der Waals surface area contributed by atoms with E-state index in [1.165, 1.54) is 36.0 Å². The first kappa shape index (κ1) is 19.6. The van der Waals surface area contributed by atoms with Crippen molar-refractivity contribution in [3.63, 3.8) is 0 Å². The topological polar surface area (TPSA) is 84.2 Å². The molecule has 1 heterocycles. The molecular formula is C20H18FN3O3S. The molecule has 0 aliphatic heterocycles. The van der Waals surface area contributed by atoms with Gasteiger partial charge in [-0.25, -0.2) is 4.39 Å². The fourth-order valence-corrected chi connectivity index (χ4v) is 3.29. The number of aryl methyl sites for hydroxylation is 1. The van der Waals surface area contributed by atoms with Crippen molar-refractivity contribution in [1.29, 1.82) is 0 Å². The molecule has 1 atom stereocenters. The molecule has 2 amide bonds. The summed E-state index contributed by atoms with van der Waals surface area (Å²) in [6.07, 6.45) is 0. The number of hydrogen-bond acceptors (Lipinski definition) is 5. The molecule has 0 saturated carbocycles. The Bertz CT molecular complexity index is 988. The highest BCUT2D eigenvalue weighted by Gasteiger charge is 2.16. The van der Waals surface area contributed by atoms with E-state index in [1.807, 2.05) is 6.07 Å². The highest BCUT2D eigenvalue weighted by atomic mass is 32.2. The van der Waals surface area contributed by atoms with Crippen molar-refractivity contribution in [3.8, 4) is 0 Å². The number of carbonyl (C=O) groups excluding carboxylic acids is 2. The van der Waals surface area contributed by atoms with Gasteiger partial charge in [-0.05, 0) is 56.3 Å². The minimum atomic E-state index is -0.400. The summed E-state index contributed by atoms with van der Waals surface area (Å²) in [5, 5.41) is 8.81. The van der Waals surface area contributed by atoms with E-state index in [1.54, 1.807) is 38.1 Å². The van der Waals surface area contributed by atoms with Crippen molar-refractivity contribution in [2.45, 2.75) is 24.0 Å². The Labute approximate surface area is 165 Å². The number of benzene rings is 2. The molecule has 0 spiro atoms. The van der Waals surface area contributed by atoms with Crippen LogP contribution in [0, 0.1) is 12.7 Å². The number of amides is 2. The van der Waals surface area contributed by atoms with E-state index in [2.05, 4.69) is 15.8 Å². The largest absolute Gasteiger partial charge is 0.360 e. The third kappa shape index (κ3) is 5.20. The van der Waals surface area contributed by atoms with E-state index >= 15 is 0 Å². The van der Waals surface area contributed by atoms with Crippen LogP contribution < -0.4 is 10.6 Å². The van der Waals surface area contributed by atoms with Crippen molar-refractivity contribution >= 4 is 35.1 Å². The van der Waals surface area contributed by atoms with E-state index in [0.29, 0.717) is 22.8 Å². The fourth-order valence-electron chi connectivity index (χ4n) is 2.36. The lowest BCUT2D eigenvalue weighted by Crippen LogP contribution is -2.22. The van der Waals surface area contributed by atoms with Crippen LogP contribution >= 0.6 is 11.8 Å². The second-order valence-electron chi connectivity index (χ2n) is 6.06. The highest BCUT2D eigenvalue weighted by molar-refractivity contribution is 8.00. The lowest BCUT2D eigenvalue weighted by molar-refractivity contribution is -0.115. The summed E-state index contributed by atoms with van der Waals surface area (Å²) in [6, 6.07) is 14.1. The quantitative estimate of drug-likeness (QED) is 0.597. The molecule has 0 bridgehead atoms. The Balaban J connectivity index is 1.61. The SMILES string of the molecule is Cc1cc(NC(=O)C(C)Sc2cccc(NC(=O)c3ccc(F)cc3)c2)no1. The van der Waals surface area contributed by atoms with Crippen LogP contribution in [0.3, 0.4) is 0 Å². The van der Waals surface area contributed by atoms with Crippen LogP contribution in [0.2, 0.25) is 0 Å². The molecule has 8 heteroatoms.